The quantitative estimate of drug-likeness (QED) is 0.652. The Labute approximate surface area is 119 Å². The van der Waals surface area contributed by atoms with Gasteiger partial charge in [0.15, 0.2) is 5.60 Å². The van der Waals surface area contributed by atoms with Crippen LogP contribution in [0.4, 0.5) is 0 Å². The fourth-order valence-corrected chi connectivity index (χ4v) is 1.93. The molecule has 0 saturated heterocycles. The molecule has 0 aliphatic heterocycles. The number of hydrogen-bond acceptors (Lipinski definition) is 2. The van der Waals surface area contributed by atoms with Gasteiger partial charge in [-0.05, 0) is 49.3 Å². The molecule has 0 aromatic heterocycles. The molecule has 0 bridgehead atoms. The van der Waals surface area contributed by atoms with Crippen molar-refractivity contribution in [3.05, 3.63) is 72.9 Å². The van der Waals surface area contributed by atoms with Crippen LogP contribution in [0.5, 0.6) is 0 Å². The minimum Gasteiger partial charge on any atom is -0.382 e. The van der Waals surface area contributed by atoms with E-state index in [9.17, 15) is 10.2 Å². The minimum absolute atomic E-state index is 0.547. The molecule has 2 N–H and O–H groups in total. The lowest BCUT2D eigenvalue weighted by Gasteiger charge is -2.27. The van der Waals surface area contributed by atoms with E-state index in [0.29, 0.717) is 12.8 Å². The van der Waals surface area contributed by atoms with Crippen LogP contribution in [0, 0.1) is 11.8 Å². The molecule has 0 amide bonds. The molecule has 1 aromatic carbocycles. The molecule has 20 heavy (non-hydrogen) atoms. The summed E-state index contributed by atoms with van der Waals surface area (Å²) < 4.78 is 0. The Bertz CT molecular complexity index is 571. The van der Waals surface area contributed by atoms with Crippen molar-refractivity contribution in [2.75, 3.05) is 0 Å². The van der Waals surface area contributed by atoms with Crippen molar-refractivity contribution in [1.29, 1.82) is 0 Å². The van der Waals surface area contributed by atoms with Crippen LogP contribution < -0.4 is 0 Å². The summed E-state index contributed by atoms with van der Waals surface area (Å²) >= 11 is 0. The van der Waals surface area contributed by atoms with Gasteiger partial charge in [0.05, 0.1) is 0 Å². The fourth-order valence-electron chi connectivity index (χ4n) is 1.93. The Morgan fingerprint density at radius 1 is 1.05 bits per heavy atom. The number of allylic oxidation sites excluding steroid dienone is 1. The van der Waals surface area contributed by atoms with Gasteiger partial charge >= 0.3 is 0 Å². The molecule has 0 spiro atoms. The zero-order valence-electron chi connectivity index (χ0n) is 11.3. The summed E-state index contributed by atoms with van der Waals surface area (Å²) in [7, 11) is 0. The average Bonchev–Trinajstić information content (AvgIpc) is 2.48. The summed E-state index contributed by atoms with van der Waals surface area (Å²) in [6, 6.07) is 9.48. The van der Waals surface area contributed by atoms with E-state index in [1.807, 2.05) is 30.3 Å². The Kier molecular flexibility index (Phi) is 4.24. The molecule has 2 heteroatoms. The molecular formula is C18H18O2. The van der Waals surface area contributed by atoms with Gasteiger partial charge < -0.3 is 10.2 Å². The van der Waals surface area contributed by atoms with Crippen LogP contribution in [0.3, 0.4) is 0 Å². The summed E-state index contributed by atoms with van der Waals surface area (Å²) in [5, 5.41) is 20.6. The van der Waals surface area contributed by atoms with Crippen molar-refractivity contribution in [2.24, 2.45) is 0 Å². The summed E-state index contributed by atoms with van der Waals surface area (Å²) in [5.41, 5.74) is -1.50. The van der Waals surface area contributed by atoms with Gasteiger partial charge in [-0.1, -0.05) is 36.1 Å². The molecule has 0 atom stereocenters. The summed E-state index contributed by atoms with van der Waals surface area (Å²) in [4.78, 5) is 0. The molecule has 1 aromatic rings. The summed E-state index contributed by atoms with van der Waals surface area (Å²) in [6.45, 7) is 3.64. The highest BCUT2D eigenvalue weighted by atomic mass is 16.3. The molecule has 1 aliphatic rings. The van der Waals surface area contributed by atoms with Crippen LogP contribution in [-0.2, 0) is 0 Å². The van der Waals surface area contributed by atoms with Gasteiger partial charge in [-0.3, -0.25) is 0 Å². The highest BCUT2D eigenvalue weighted by molar-refractivity contribution is 5.43. The Morgan fingerprint density at radius 2 is 1.70 bits per heavy atom. The van der Waals surface area contributed by atoms with Crippen LogP contribution in [-0.4, -0.2) is 21.4 Å². The van der Waals surface area contributed by atoms with Gasteiger partial charge in [-0.25, -0.2) is 0 Å². The minimum atomic E-state index is -1.32. The van der Waals surface area contributed by atoms with Crippen LogP contribution in [0.25, 0.3) is 0 Å². The molecule has 0 saturated carbocycles. The van der Waals surface area contributed by atoms with Crippen molar-refractivity contribution in [3.63, 3.8) is 0 Å². The van der Waals surface area contributed by atoms with E-state index in [2.05, 4.69) is 18.4 Å². The molecular weight excluding hydrogens is 248 g/mol. The van der Waals surface area contributed by atoms with E-state index in [-0.39, 0.29) is 0 Å². The first-order chi connectivity index (χ1) is 9.55. The van der Waals surface area contributed by atoms with Gasteiger partial charge in [0.25, 0.3) is 0 Å². The van der Waals surface area contributed by atoms with Gasteiger partial charge in [-0.2, -0.15) is 0 Å². The van der Waals surface area contributed by atoms with E-state index < -0.39 is 11.2 Å². The zero-order chi connectivity index (χ0) is 14.5. The SMILES string of the molecule is C=CCCC1(O)C=CC(O)(C#Cc2ccccc2)C=C1. The molecule has 0 unspecified atom stereocenters. The normalized spacial score (nSPS) is 27.7. The van der Waals surface area contributed by atoms with E-state index in [1.165, 1.54) is 12.2 Å². The van der Waals surface area contributed by atoms with Crippen LogP contribution in [0.1, 0.15) is 18.4 Å². The van der Waals surface area contributed by atoms with Crippen molar-refractivity contribution in [2.45, 2.75) is 24.0 Å². The Balaban J connectivity index is 2.12. The number of benzene rings is 1. The lowest BCUT2D eigenvalue weighted by atomic mass is 9.87. The zero-order valence-corrected chi connectivity index (χ0v) is 11.3. The van der Waals surface area contributed by atoms with Crippen molar-refractivity contribution in [3.8, 4) is 11.8 Å². The predicted molar refractivity (Wildman–Crippen MR) is 80.9 cm³/mol. The van der Waals surface area contributed by atoms with E-state index >= 15 is 0 Å². The molecule has 0 fully saturated rings. The van der Waals surface area contributed by atoms with Gasteiger partial charge in [0.1, 0.15) is 5.60 Å². The highest BCUT2D eigenvalue weighted by Gasteiger charge is 2.28. The van der Waals surface area contributed by atoms with Gasteiger partial charge in [0.2, 0.25) is 0 Å². The number of aliphatic hydroxyl groups is 2. The van der Waals surface area contributed by atoms with Crippen LogP contribution >= 0.6 is 0 Å². The van der Waals surface area contributed by atoms with Crippen LogP contribution in [0.2, 0.25) is 0 Å². The van der Waals surface area contributed by atoms with Crippen molar-refractivity contribution in [1.82, 2.24) is 0 Å². The van der Waals surface area contributed by atoms with Crippen LogP contribution in [0.15, 0.2) is 67.3 Å². The van der Waals surface area contributed by atoms with E-state index in [0.717, 1.165) is 5.56 Å². The average molecular weight is 266 g/mol. The molecule has 2 nitrogen and oxygen atoms in total. The molecule has 0 radical (unpaired) electrons. The first kappa shape index (κ1) is 14.3. The topological polar surface area (TPSA) is 40.5 Å². The monoisotopic (exact) mass is 266 g/mol. The molecule has 1 aliphatic carbocycles. The fraction of sp³-hybridized carbons (Fsp3) is 0.222. The number of rotatable bonds is 3. The summed E-state index contributed by atoms with van der Waals surface area (Å²) in [6.07, 6.45) is 9.27. The maximum Gasteiger partial charge on any atom is 0.163 e. The van der Waals surface area contributed by atoms with Gasteiger partial charge in [0, 0.05) is 5.56 Å². The third-order valence-electron chi connectivity index (χ3n) is 3.18. The second-order valence-corrected chi connectivity index (χ2v) is 4.93. The Hall–Kier alpha value is -2.08. The van der Waals surface area contributed by atoms with E-state index in [4.69, 9.17) is 0 Å². The van der Waals surface area contributed by atoms with Crippen molar-refractivity contribution >= 4 is 0 Å². The predicted octanol–water partition coefficient (Wildman–Crippen LogP) is 2.59. The lowest BCUT2D eigenvalue weighted by Crippen LogP contribution is -2.32. The maximum atomic E-state index is 10.3. The van der Waals surface area contributed by atoms with E-state index in [1.54, 1.807) is 18.2 Å². The largest absolute Gasteiger partial charge is 0.382 e. The lowest BCUT2D eigenvalue weighted by molar-refractivity contribution is 0.119. The third kappa shape index (κ3) is 3.71. The van der Waals surface area contributed by atoms with Gasteiger partial charge in [-0.15, -0.1) is 6.58 Å². The molecule has 2 rings (SSSR count). The molecule has 102 valence electrons. The number of hydrogen-bond donors (Lipinski definition) is 2. The van der Waals surface area contributed by atoms with Crippen molar-refractivity contribution < 1.29 is 10.2 Å². The first-order valence-corrected chi connectivity index (χ1v) is 6.60. The first-order valence-electron chi connectivity index (χ1n) is 6.60. The third-order valence-corrected chi connectivity index (χ3v) is 3.18. The molecule has 0 heterocycles. The second kappa shape index (κ2) is 5.92. The highest BCUT2D eigenvalue weighted by Crippen LogP contribution is 2.25. The maximum absolute atomic E-state index is 10.3. The second-order valence-electron chi connectivity index (χ2n) is 4.93. The smallest absolute Gasteiger partial charge is 0.163 e. The standard InChI is InChI=1S/C18H18O2/c1-2-3-10-17(19)12-14-18(20,15-13-17)11-9-16-7-5-4-6-8-16/h2,4-8,12-15,19-20H,1,3,10H2. The Morgan fingerprint density at radius 3 is 2.30 bits per heavy atom. The summed E-state index contributed by atoms with van der Waals surface area (Å²) in [5.74, 6) is 5.73.